The number of aryl methyl sites for hydroxylation is 1. The van der Waals surface area contributed by atoms with E-state index < -0.39 is 0 Å². The topological polar surface area (TPSA) is 43.8 Å². The highest BCUT2D eigenvalue weighted by Crippen LogP contribution is 2.32. The zero-order valence-corrected chi connectivity index (χ0v) is 12.1. The van der Waals surface area contributed by atoms with E-state index in [4.69, 9.17) is 5.73 Å². The fraction of sp³-hybridized carbons (Fsp3) is 0.400. The minimum Gasteiger partial charge on any atom is -0.383 e. The Labute approximate surface area is 113 Å². The van der Waals surface area contributed by atoms with E-state index in [1.165, 1.54) is 6.07 Å². The second-order valence-electron chi connectivity index (χ2n) is 5.96. The molecule has 2 N–H and O–H groups in total. The van der Waals surface area contributed by atoms with E-state index in [2.05, 4.69) is 25.8 Å². The monoisotopic (exact) mass is 261 g/mol. The van der Waals surface area contributed by atoms with Crippen LogP contribution >= 0.6 is 0 Å². The molecule has 0 atom stereocenters. The Kier molecular flexibility index (Phi) is 3.12. The van der Waals surface area contributed by atoms with Gasteiger partial charge >= 0.3 is 0 Å². The molecule has 0 radical (unpaired) electrons. The van der Waals surface area contributed by atoms with E-state index >= 15 is 0 Å². The number of benzene rings is 1. The Balaban J connectivity index is 2.67. The Morgan fingerprint density at radius 3 is 2.42 bits per heavy atom. The van der Waals surface area contributed by atoms with Gasteiger partial charge in [0.05, 0.1) is 0 Å². The van der Waals surface area contributed by atoms with Crippen LogP contribution in [0.4, 0.5) is 10.2 Å². The summed E-state index contributed by atoms with van der Waals surface area (Å²) in [5.41, 5.74) is 7.92. The van der Waals surface area contributed by atoms with Crippen LogP contribution in [0.5, 0.6) is 0 Å². The zero-order valence-electron chi connectivity index (χ0n) is 12.1. The molecule has 0 aliphatic carbocycles. The standard InChI is InChI=1S/C15H20FN3/c1-9-6-7-11(16)10(8-9)12-13(17)19(5)14(18-12)15(2,3)4/h6-8H,17H2,1-5H3. The Morgan fingerprint density at radius 1 is 1.26 bits per heavy atom. The number of nitrogens with two attached hydrogens (primary N) is 1. The normalized spacial score (nSPS) is 11.9. The molecule has 4 heteroatoms. The molecule has 0 bridgehead atoms. The van der Waals surface area contributed by atoms with Gasteiger partial charge in [-0.05, 0) is 19.1 Å². The van der Waals surface area contributed by atoms with E-state index in [1.54, 1.807) is 12.1 Å². The Hall–Kier alpha value is -1.84. The van der Waals surface area contributed by atoms with Gasteiger partial charge in [0.15, 0.2) is 0 Å². The summed E-state index contributed by atoms with van der Waals surface area (Å²) in [5.74, 6) is 1.05. The average Bonchev–Trinajstić information content (AvgIpc) is 2.59. The van der Waals surface area contributed by atoms with Gasteiger partial charge in [-0.3, -0.25) is 0 Å². The predicted octanol–water partition coefficient (Wildman–Crippen LogP) is 3.41. The minimum atomic E-state index is -0.296. The summed E-state index contributed by atoms with van der Waals surface area (Å²) in [6.07, 6.45) is 0. The van der Waals surface area contributed by atoms with Crippen molar-refractivity contribution in [1.82, 2.24) is 9.55 Å². The molecule has 0 amide bonds. The van der Waals surface area contributed by atoms with Crippen LogP contribution < -0.4 is 5.73 Å². The summed E-state index contributed by atoms with van der Waals surface area (Å²) in [4.78, 5) is 4.55. The molecule has 102 valence electrons. The van der Waals surface area contributed by atoms with Crippen LogP contribution in [-0.2, 0) is 12.5 Å². The summed E-state index contributed by atoms with van der Waals surface area (Å²) in [6, 6.07) is 4.97. The fourth-order valence-electron chi connectivity index (χ4n) is 2.20. The SMILES string of the molecule is Cc1ccc(F)c(-c2nc(C(C)(C)C)n(C)c2N)c1. The van der Waals surface area contributed by atoms with Gasteiger partial charge in [0.2, 0.25) is 0 Å². The molecule has 0 saturated heterocycles. The molecule has 0 aliphatic heterocycles. The smallest absolute Gasteiger partial charge is 0.132 e. The van der Waals surface area contributed by atoms with Crippen molar-refractivity contribution in [2.24, 2.45) is 7.05 Å². The number of anilines is 1. The van der Waals surface area contributed by atoms with Gasteiger partial charge in [-0.15, -0.1) is 0 Å². The first-order valence-corrected chi connectivity index (χ1v) is 6.31. The molecule has 19 heavy (non-hydrogen) atoms. The van der Waals surface area contributed by atoms with Crippen LogP contribution in [0.15, 0.2) is 18.2 Å². The molecule has 2 aromatic rings. The van der Waals surface area contributed by atoms with Gasteiger partial charge in [-0.1, -0.05) is 32.4 Å². The summed E-state index contributed by atoms with van der Waals surface area (Å²) < 4.78 is 15.8. The maximum absolute atomic E-state index is 14.0. The maximum atomic E-state index is 14.0. The lowest BCUT2D eigenvalue weighted by Crippen LogP contribution is -2.17. The van der Waals surface area contributed by atoms with Crippen LogP contribution in [-0.4, -0.2) is 9.55 Å². The van der Waals surface area contributed by atoms with Crippen molar-refractivity contribution in [3.8, 4) is 11.3 Å². The molecule has 3 nitrogen and oxygen atoms in total. The molecule has 0 unspecified atom stereocenters. The summed E-state index contributed by atoms with van der Waals surface area (Å²) in [5, 5.41) is 0. The molecule has 0 saturated carbocycles. The molecular weight excluding hydrogens is 241 g/mol. The quantitative estimate of drug-likeness (QED) is 0.854. The lowest BCUT2D eigenvalue weighted by molar-refractivity contribution is 0.524. The third kappa shape index (κ3) is 2.35. The highest BCUT2D eigenvalue weighted by Gasteiger charge is 2.24. The highest BCUT2D eigenvalue weighted by molar-refractivity contribution is 5.72. The van der Waals surface area contributed by atoms with Crippen LogP contribution in [0.25, 0.3) is 11.3 Å². The zero-order chi connectivity index (χ0) is 14.4. The van der Waals surface area contributed by atoms with Crippen molar-refractivity contribution in [2.45, 2.75) is 33.1 Å². The van der Waals surface area contributed by atoms with Gasteiger partial charge in [0.25, 0.3) is 0 Å². The van der Waals surface area contributed by atoms with E-state index in [0.29, 0.717) is 17.1 Å². The van der Waals surface area contributed by atoms with Gasteiger partial charge < -0.3 is 10.3 Å². The van der Waals surface area contributed by atoms with Crippen molar-refractivity contribution in [2.75, 3.05) is 5.73 Å². The van der Waals surface area contributed by atoms with Gasteiger partial charge in [0, 0.05) is 18.0 Å². The van der Waals surface area contributed by atoms with E-state index in [1.807, 2.05) is 18.5 Å². The van der Waals surface area contributed by atoms with Crippen LogP contribution in [0, 0.1) is 12.7 Å². The summed E-state index contributed by atoms with van der Waals surface area (Å²) in [7, 11) is 1.86. The number of rotatable bonds is 1. The molecule has 1 aromatic carbocycles. The van der Waals surface area contributed by atoms with E-state index in [9.17, 15) is 4.39 Å². The maximum Gasteiger partial charge on any atom is 0.132 e. The summed E-state index contributed by atoms with van der Waals surface area (Å²) in [6.45, 7) is 8.11. The van der Waals surface area contributed by atoms with Gasteiger partial charge in [-0.25, -0.2) is 9.37 Å². The molecule has 1 aromatic heterocycles. The first-order chi connectivity index (χ1) is 8.71. The van der Waals surface area contributed by atoms with Gasteiger partial charge in [0.1, 0.15) is 23.2 Å². The summed E-state index contributed by atoms with van der Waals surface area (Å²) >= 11 is 0. The Bertz CT molecular complexity index is 621. The number of hydrogen-bond acceptors (Lipinski definition) is 2. The van der Waals surface area contributed by atoms with Crippen LogP contribution in [0.1, 0.15) is 32.2 Å². The van der Waals surface area contributed by atoms with Crippen molar-refractivity contribution in [3.05, 3.63) is 35.4 Å². The molecule has 0 spiro atoms. The number of halogens is 1. The molecule has 0 aliphatic rings. The predicted molar refractivity (Wildman–Crippen MR) is 76.5 cm³/mol. The van der Waals surface area contributed by atoms with Gasteiger partial charge in [-0.2, -0.15) is 0 Å². The number of nitrogen functional groups attached to an aromatic ring is 1. The fourth-order valence-corrected chi connectivity index (χ4v) is 2.20. The van der Waals surface area contributed by atoms with Crippen molar-refractivity contribution in [1.29, 1.82) is 0 Å². The minimum absolute atomic E-state index is 0.137. The highest BCUT2D eigenvalue weighted by atomic mass is 19.1. The third-order valence-corrected chi connectivity index (χ3v) is 3.19. The number of nitrogens with zero attached hydrogens (tertiary/aromatic N) is 2. The lowest BCUT2D eigenvalue weighted by atomic mass is 9.96. The number of hydrogen-bond donors (Lipinski definition) is 1. The first kappa shape index (κ1) is 13.6. The molecular formula is C15H20FN3. The van der Waals surface area contributed by atoms with E-state index in [0.717, 1.165) is 11.4 Å². The lowest BCUT2D eigenvalue weighted by Gasteiger charge is -2.17. The van der Waals surface area contributed by atoms with Crippen LogP contribution in [0.3, 0.4) is 0 Å². The first-order valence-electron chi connectivity index (χ1n) is 6.31. The van der Waals surface area contributed by atoms with Crippen LogP contribution in [0.2, 0.25) is 0 Å². The molecule has 1 heterocycles. The number of aromatic nitrogens is 2. The van der Waals surface area contributed by atoms with E-state index in [-0.39, 0.29) is 11.2 Å². The number of imidazole rings is 1. The average molecular weight is 261 g/mol. The Morgan fingerprint density at radius 2 is 1.89 bits per heavy atom. The third-order valence-electron chi connectivity index (χ3n) is 3.19. The molecule has 0 fully saturated rings. The van der Waals surface area contributed by atoms with Crippen molar-refractivity contribution >= 4 is 5.82 Å². The van der Waals surface area contributed by atoms with Crippen molar-refractivity contribution in [3.63, 3.8) is 0 Å². The molecule has 2 rings (SSSR count). The second-order valence-corrected chi connectivity index (χ2v) is 5.96. The second kappa shape index (κ2) is 4.37. The van der Waals surface area contributed by atoms with Crippen molar-refractivity contribution < 1.29 is 4.39 Å². The largest absolute Gasteiger partial charge is 0.383 e.